The molecule has 0 radical (unpaired) electrons. The zero-order valence-corrected chi connectivity index (χ0v) is 11.2. The Morgan fingerprint density at radius 1 is 1.42 bits per heavy atom. The summed E-state index contributed by atoms with van der Waals surface area (Å²) >= 11 is 0. The molecule has 7 heteroatoms. The van der Waals surface area contributed by atoms with Gasteiger partial charge in [0.2, 0.25) is 0 Å². The highest BCUT2D eigenvalue weighted by molar-refractivity contribution is 5.50. The first kappa shape index (κ1) is 14.2. The fraction of sp³-hybridized carbons (Fsp3) is 0.750. The zero-order valence-electron chi connectivity index (χ0n) is 11.2. The number of aryl methyl sites for hydroxylation is 2. The molecule has 2 heterocycles. The van der Waals surface area contributed by atoms with Crippen molar-refractivity contribution in [3.63, 3.8) is 0 Å². The van der Waals surface area contributed by atoms with Crippen LogP contribution < -0.4 is 10.6 Å². The van der Waals surface area contributed by atoms with Gasteiger partial charge in [-0.05, 0) is 19.8 Å². The smallest absolute Gasteiger partial charge is 0.356 e. The molecule has 1 saturated heterocycles. The van der Waals surface area contributed by atoms with Gasteiger partial charge in [-0.15, -0.1) is 0 Å². The lowest BCUT2D eigenvalue weighted by Crippen LogP contribution is -2.42. The third-order valence-electron chi connectivity index (χ3n) is 3.70. The lowest BCUT2D eigenvalue weighted by Gasteiger charge is -2.35. The Hall–Kier alpha value is -1.24. The number of anilines is 1. The Bertz CT molecular complexity index is 453. The number of nitrogens with two attached hydrogens (primary N) is 1. The minimum Gasteiger partial charge on any atom is -0.356 e. The maximum absolute atomic E-state index is 12.8. The summed E-state index contributed by atoms with van der Waals surface area (Å²) in [7, 11) is 1.75. The van der Waals surface area contributed by atoms with Crippen LogP contribution in [-0.4, -0.2) is 29.0 Å². The number of alkyl halides is 3. The van der Waals surface area contributed by atoms with E-state index in [-0.39, 0.29) is 13.0 Å². The predicted molar refractivity (Wildman–Crippen MR) is 66.8 cm³/mol. The quantitative estimate of drug-likeness (QED) is 0.898. The largest absolute Gasteiger partial charge is 0.393 e. The maximum Gasteiger partial charge on any atom is 0.393 e. The highest BCUT2D eigenvalue weighted by atomic mass is 19.4. The average Bonchev–Trinajstić information content (AvgIpc) is 2.62. The maximum atomic E-state index is 12.8. The molecule has 1 aromatic rings. The van der Waals surface area contributed by atoms with Crippen molar-refractivity contribution in [2.45, 2.75) is 32.5 Å². The predicted octanol–water partition coefficient (Wildman–Crippen LogP) is 1.97. The van der Waals surface area contributed by atoms with E-state index in [1.807, 2.05) is 6.92 Å². The normalized spacial score (nSPS) is 20.9. The summed E-state index contributed by atoms with van der Waals surface area (Å²) in [4.78, 5) is 1.77. The lowest BCUT2D eigenvalue weighted by atomic mass is 9.97. The summed E-state index contributed by atoms with van der Waals surface area (Å²) in [6, 6.07) is 0. The molecule has 2 rings (SSSR count). The molecule has 0 saturated carbocycles. The Kier molecular flexibility index (Phi) is 3.75. The summed E-state index contributed by atoms with van der Waals surface area (Å²) < 4.78 is 40.2. The van der Waals surface area contributed by atoms with Gasteiger partial charge in [0, 0.05) is 32.2 Å². The summed E-state index contributed by atoms with van der Waals surface area (Å²) in [5.74, 6) is -0.531. The van der Waals surface area contributed by atoms with Crippen LogP contribution in [0.2, 0.25) is 0 Å². The van der Waals surface area contributed by atoms with E-state index in [4.69, 9.17) is 5.73 Å². The second-order valence-electron chi connectivity index (χ2n) is 5.04. The third kappa shape index (κ3) is 2.70. The first-order valence-corrected chi connectivity index (χ1v) is 6.38. The Morgan fingerprint density at radius 3 is 2.68 bits per heavy atom. The van der Waals surface area contributed by atoms with E-state index in [1.54, 1.807) is 16.6 Å². The monoisotopic (exact) mass is 276 g/mol. The second-order valence-corrected chi connectivity index (χ2v) is 5.04. The van der Waals surface area contributed by atoms with E-state index in [1.165, 1.54) is 0 Å². The number of halogens is 3. The van der Waals surface area contributed by atoms with E-state index in [9.17, 15) is 13.2 Å². The molecule has 0 aliphatic carbocycles. The van der Waals surface area contributed by atoms with Crippen LogP contribution in [0.5, 0.6) is 0 Å². The molecule has 0 spiro atoms. The van der Waals surface area contributed by atoms with Crippen molar-refractivity contribution in [1.29, 1.82) is 0 Å². The van der Waals surface area contributed by atoms with E-state index < -0.39 is 12.1 Å². The molecule has 1 unspecified atom stereocenters. The topological polar surface area (TPSA) is 47.1 Å². The SMILES string of the molecule is Cc1nn(C)c(N2CCCC(C(F)(F)F)C2)c1CN. The third-order valence-corrected chi connectivity index (χ3v) is 3.70. The van der Waals surface area contributed by atoms with Gasteiger partial charge < -0.3 is 10.6 Å². The molecule has 1 aliphatic heterocycles. The van der Waals surface area contributed by atoms with E-state index in [0.29, 0.717) is 19.5 Å². The molecule has 108 valence electrons. The second kappa shape index (κ2) is 5.03. The fourth-order valence-electron chi connectivity index (χ4n) is 2.76. The summed E-state index contributed by atoms with van der Waals surface area (Å²) in [6.07, 6.45) is -3.39. The van der Waals surface area contributed by atoms with E-state index in [0.717, 1.165) is 17.1 Å². The lowest BCUT2D eigenvalue weighted by molar-refractivity contribution is -0.176. The molecule has 1 atom stereocenters. The van der Waals surface area contributed by atoms with Gasteiger partial charge in [-0.25, -0.2) is 0 Å². The molecular weight excluding hydrogens is 257 g/mol. The Balaban J connectivity index is 2.27. The van der Waals surface area contributed by atoms with E-state index in [2.05, 4.69) is 5.10 Å². The van der Waals surface area contributed by atoms with Crippen molar-refractivity contribution in [1.82, 2.24) is 9.78 Å². The van der Waals surface area contributed by atoms with Gasteiger partial charge in [-0.2, -0.15) is 18.3 Å². The molecule has 0 bridgehead atoms. The summed E-state index contributed by atoms with van der Waals surface area (Å²) in [6.45, 7) is 2.74. The molecule has 1 fully saturated rings. The fourth-order valence-corrected chi connectivity index (χ4v) is 2.76. The van der Waals surface area contributed by atoms with Crippen molar-refractivity contribution in [2.24, 2.45) is 18.7 Å². The zero-order chi connectivity index (χ0) is 14.2. The molecule has 0 amide bonds. The minimum absolute atomic E-state index is 0.00449. The van der Waals surface area contributed by atoms with Crippen LogP contribution in [0.3, 0.4) is 0 Å². The van der Waals surface area contributed by atoms with Crippen molar-refractivity contribution < 1.29 is 13.2 Å². The van der Waals surface area contributed by atoms with Gasteiger partial charge in [-0.3, -0.25) is 4.68 Å². The standard InChI is InChI=1S/C12H19F3N4/c1-8-10(6-16)11(18(2)17-8)19-5-3-4-9(7-19)12(13,14)15/h9H,3-7,16H2,1-2H3. The van der Waals surface area contributed by atoms with Crippen LogP contribution >= 0.6 is 0 Å². The number of hydrogen-bond donors (Lipinski definition) is 1. The molecule has 0 aromatic carbocycles. The first-order chi connectivity index (χ1) is 8.84. The van der Waals surface area contributed by atoms with Crippen molar-refractivity contribution in [3.8, 4) is 0 Å². The van der Waals surface area contributed by atoms with Gasteiger partial charge in [0.05, 0.1) is 11.6 Å². The van der Waals surface area contributed by atoms with Crippen LogP contribution in [-0.2, 0) is 13.6 Å². The van der Waals surface area contributed by atoms with Crippen molar-refractivity contribution >= 4 is 5.82 Å². The number of nitrogens with zero attached hydrogens (tertiary/aromatic N) is 3. The van der Waals surface area contributed by atoms with Gasteiger partial charge >= 0.3 is 6.18 Å². The molecule has 1 aromatic heterocycles. The number of hydrogen-bond acceptors (Lipinski definition) is 3. The van der Waals surface area contributed by atoms with Gasteiger partial charge in [0.25, 0.3) is 0 Å². The van der Waals surface area contributed by atoms with Crippen molar-refractivity contribution in [2.75, 3.05) is 18.0 Å². The van der Waals surface area contributed by atoms with Gasteiger partial charge in [-0.1, -0.05) is 0 Å². The molecule has 2 N–H and O–H groups in total. The molecule has 1 aliphatic rings. The van der Waals surface area contributed by atoms with Crippen molar-refractivity contribution in [3.05, 3.63) is 11.3 Å². The Labute approximate surface area is 110 Å². The number of aromatic nitrogens is 2. The van der Waals surface area contributed by atoms with Gasteiger partial charge in [0.15, 0.2) is 0 Å². The van der Waals surface area contributed by atoms with Crippen LogP contribution in [0, 0.1) is 12.8 Å². The average molecular weight is 276 g/mol. The van der Waals surface area contributed by atoms with Crippen LogP contribution in [0.1, 0.15) is 24.1 Å². The van der Waals surface area contributed by atoms with E-state index >= 15 is 0 Å². The van der Waals surface area contributed by atoms with Gasteiger partial charge in [0.1, 0.15) is 5.82 Å². The van der Waals surface area contributed by atoms with Crippen LogP contribution in [0.25, 0.3) is 0 Å². The number of piperidine rings is 1. The highest BCUT2D eigenvalue weighted by Gasteiger charge is 2.42. The summed E-state index contributed by atoms with van der Waals surface area (Å²) in [5.41, 5.74) is 7.31. The minimum atomic E-state index is -4.13. The number of rotatable bonds is 2. The molecular formula is C12H19F3N4. The van der Waals surface area contributed by atoms with Crippen LogP contribution in [0.15, 0.2) is 0 Å². The Morgan fingerprint density at radius 2 is 2.11 bits per heavy atom. The first-order valence-electron chi connectivity index (χ1n) is 6.38. The van der Waals surface area contributed by atoms with Crippen LogP contribution in [0.4, 0.5) is 19.0 Å². The molecule has 4 nitrogen and oxygen atoms in total. The highest BCUT2D eigenvalue weighted by Crippen LogP contribution is 2.35. The molecule has 19 heavy (non-hydrogen) atoms. The summed E-state index contributed by atoms with van der Waals surface area (Å²) in [5, 5.41) is 4.26.